The summed E-state index contributed by atoms with van der Waals surface area (Å²) in [4.78, 5) is 24.1. The van der Waals surface area contributed by atoms with Gasteiger partial charge in [0.1, 0.15) is 11.5 Å². The molecule has 0 radical (unpaired) electrons. The first kappa shape index (κ1) is 21.5. The van der Waals surface area contributed by atoms with Crippen LogP contribution in [0, 0.1) is 0 Å². The largest absolute Gasteiger partial charge is 0.497 e. The highest BCUT2D eigenvalue weighted by Gasteiger charge is 2.11. The average Bonchev–Trinajstić information content (AvgIpc) is 2.79. The van der Waals surface area contributed by atoms with E-state index in [2.05, 4.69) is 16.0 Å². The summed E-state index contributed by atoms with van der Waals surface area (Å²) >= 11 is 0. The van der Waals surface area contributed by atoms with Crippen LogP contribution in [-0.2, 0) is 4.79 Å². The molecule has 0 heterocycles. The molecule has 8 heteroatoms. The molecule has 160 valence electrons. The number of para-hydroxylation sites is 1. The molecule has 0 aliphatic carbocycles. The summed E-state index contributed by atoms with van der Waals surface area (Å²) in [6.07, 6.45) is 0. The molecule has 3 aromatic rings. The highest BCUT2D eigenvalue weighted by atomic mass is 16.5. The first-order valence-electron chi connectivity index (χ1n) is 9.47. The van der Waals surface area contributed by atoms with Crippen LogP contribution in [0.3, 0.4) is 0 Å². The van der Waals surface area contributed by atoms with Crippen molar-refractivity contribution in [2.24, 2.45) is 0 Å². The number of urea groups is 1. The van der Waals surface area contributed by atoms with Crippen LogP contribution in [0.1, 0.15) is 0 Å². The zero-order valence-corrected chi connectivity index (χ0v) is 17.2. The first-order chi connectivity index (χ1) is 15.1. The maximum absolute atomic E-state index is 12.2. The molecule has 3 aromatic carbocycles. The summed E-state index contributed by atoms with van der Waals surface area (Å²) in [5, 5.41) is 7.87. The average molecular weight is 421 g/mol. The van der Waals surface area contributed by atoms with Crippen LogP contribution in [0.2, 0.25) is 0 Å². The lowest BCUT2D eigenvalue weighted by Gasteiger charge is -2.13. The summed E-state index contributed by atoms with van der Waals surface area (Å²) in [5.41, 5.74) is 1.13. The number of ether oxygens (including phenoxy) is 3. The molecule has 0 spiro atoms. The topological polar surface area (TPSA) is 97.9 Å². The normalized spacial score (nSPS) is 10.0. The Labute approximate surface area is 180 Å². The summed E-state index contributed by atoms with van der Waals surface area (Å²) in [7, 11) is 3.12. The SMILES string of the molecule is COc1ccc(Oc2cc(NC(=O)CNC(=O)Nc3ccccc3)ccc2OC)cc1. The van der Waals surface area contributed by atoms with E-state index in [0.717, 1.165) is 0 Å². The molecule has 0 aliphatic rings. The van der Waals surface area contributed by atoms with Gasteiger partial charge in [-0.3, -0.25) is 4.79 Å². The Balaban J connectivity index is 1.58. The van der Waals surface area contributed by atoms with Crippen molar-refractivity contribution < 1.29 is 23.8 Å². The van der Waals surface area contributed by atoms with E-state index in [0.29, 0.717) is 34.4 Å². The van der Waals surface area contributed by atoms with Crippen molar-refractivity contribution in [3.05, 3.63) is 72.8 Å². The van der Waals surface area contributed by atoms with Crippen LogP contribution in [0.4, 0.5) is 16.2 Å². The summed E-state index contributed by atoms with van der Waals surface area (Å²) in [6.45, 7) is -0.195. The van der Waals surface area contributed by atoms with Gasteiger partial charge < -0.3 is 30.2 Å². The van der Waals surface area contributed by atoms with Gasteiger partial charge in [-0.2, -0.15) is 0 Å². The van der Waals surface area contributed by atoms with Crippen LogP contribution >= 0.6 is 0 Å². The van der Waals surface area contributed by atoms with Gasteiger partial charge in [0.05, 0.1) is 20.8 Å². The van der Waals surface area contributed by atoms with Crippen LogP contribution in [0.15, 0.2) is 72.8 Å². The van der Waals surface area contributed by atoms with E-state index < -0.39 is 6.03 Å². The smallest absolute Gasteiger partial charge is 0.319 e. The van der Waals surface area contributed by atoms with Crippen molar-refractivity contribution >= 4 is 23.3 Å². The van der Waals surface area contributed by atoms with Gasteiger partial charge in [-0.25, -0.2) is 4.79 Å². The van der Waals surface area contributed by atoms with Crippen molar-refractivity contribution in [2.75, 3.05) is 31.4 Å². The summed E-state index contributed by atoms with van der Waals surface area (Å²) < 4.78 is 16.3. The number of nitrogens with one attached hydrogen (secondary N) is 3. The second-order valence-corrected chi connectivity index (χ2v) is 6.37. The predicted molar refractivity (Wildman–Crippen MR) is 118 cm³/mol. The molecule has 0 fully saturated rings. The maximum Gasteiger partial charge on any atom is 0.319 e. The van der Waals surface area contributed by atoms with Crippen LogP contribution in [0.25, 0.3) is 0 Å². The Morgan fingerprint density at radius 3 is 2.13 bits per heavy atom. The molecular formula is C23H23N3O5. The Morgan fingerprint density at radius 1 is 0.742 bits per heavy atom. The molecule has 0 aromatic heterocycles. The van der Waals surface area contributed by atoms with Crippen molar-refractivity contribution in [3.8, 4) is 23.0 Å². The Kier molecular flexibility index (Phi) is 7.31. The lowest BCUT2D eigenvalue weighted by atomic mass is 10.2. The second kappa shape index (κ2) is 10.5. The molecule has 0 aliphatic heterocycles. The van der Waals surface area contributed by atoms with Crippen molar-refractivity contribution in [2.45, 2.75) is 0 Å². The Bertz CT molecular complexity index is 1020. The molecule has 3 amide bonds. The van der Waals surface area contributed by atoms with Crippen molar-refractivity contribution in [1.29, 1.82) is 0 Å². The standard InChI is InChI=1S/C23H23N3O5/c1-29-18-9-11-19(12-10-18)31-21-14-17(8-13-20(21)30-2)25-22(27)15-24-23(28)26-16-6-4-3-5-7-16/h3-14H,15H2,1-2H3,(H,25,27)(H2,24,26,28). The van der Waals surface area contributed by atoms with Gasteiger partial charge in [-0.15, -0.1) is 0 Å². The third-order valence-corrected chi connectivity index (χ3v) is 4.18. The monoisotopic (exact) mass is 421 g/mol. The van der Waals surface area contributed by atoms with E-state index >= 15 is 0 Å². The molecule has 3 N–H and O–H groups in total. The lowest BCUT2D eigenvalue weighted by Crippen LogP contribution is -2.35. The summed E-state index contributed by atoms with van der Waals surface area (Å²) in [5.74, 6) is 1.85. The van der Waals surface area contributed by atoms with Gasteiger partial charge in [0, 0.05) is 17.4 Å². The maximum atomic E-state index is 12.2. The fourth-order valence-electron chi connectivity index (χ4n) is 2.67. The minimum Gasteiger partial charge on any atom is -0.497 e. The highest BCUT2D eigenvalue weighted by Crippen LogP contribution is 2.34. The van der Waals surface area contributed by atoms with Gasteiger partial charge in [0.25, 0.3) is 0 Å². The molecule has 0 bridgehead atoms. The van der Waals surface area contributed by atoms with Crippen LogP contribution in [0.5, 0.6) is 23.0 Å². The van der Waals surface area contributed by atoms with Gasteiger partial charge in [-0.05, 0) is 48.5 Å². The zero-order chi connectivity index (χ0) is 22.1. The third-order valence-electron chi connectivity index (χ3n) is 4.18. The van der Waals surface area contributed by atoms with Crippen molar-refractivity contribution in [1.82, 2.24) is 5.32 Å². The van der Waals surface area contributed by atoms with E-state index in [9.17, 15) is 9.59 Å². The minimum atomic E-state index is -0.473. The number of amides is 3. The summed E-state index contributed by atoms with van der Waals surface area (Å²) in [6, 6.07) is 20.6. The Hall–Kier alpha value is -4.20. The number of benzene rings is 3. The molecule has 0 atom stereocenters. The van der Waals surface area contributed by atoms with Crippen molar-refractivity contribution in [3.63, 3.8) is 0 Å². The van der Waals surface area contributed by atoms with Gasteiger partial charge in [0.15, 0.2) is 11.5 Å². The number of rotatable bonds is 8. The number of carbonyl (C=O) groups excluding carboxylic acids is 2. The quantitative estimate of drug-likeness (QED) is 0.505. The second-order valence-electron chi connectivity index (χ2n) is 6.37. The predicted octanol–water partition coefficient (Wildman–Crippen LogP) is 4.26. The fraction of sp³-hybridized carbons (Fsp3) is 0.130. The fourth-order valence-corrected chi connectivity index (χ4v) is 2.67. The number of methoxy groups -OCH3 is 2. The van der Waals surface area contributed by atoms with E-state index in [1.807, 2.05) is 6.07 Å². The first-order valence-corrected chi connectivity index (χ1v) is 9.47. The Morgan fingerprint density at radius 2 is 1.45 bits per heavy atom. The number of anilines is 2. The van der Waals surface area contributed by atoms with Crippen LogP contribution < -0.4 is 30.2 Å². The molecule has 3 rings (SSSR count). The number of hydrogen-bond acceptors (Lipinski definition) is 5. The molecule has 8 nitrogen and oxygen atoms in total. The van der Waals surface area contributed by atoms with E-state index in [4.69, 9.17) is 14.2 Å². The minimum absolute atomic E-state index is 0.195. The molecular weight excluding hydrogens is 398 g/mol. The van der Waals surface area contributed by atoms with E-state index in [1.165, 1.54) is 7.11 Å². The molecule has 0 saturated heterocycles. The highest BCUT2D eigenvalue weighted by molar-refractivity contribution is 5.97. The molecule has 0 saturated carbocycles. The van der Waals surface area contributed by atoms with Gasteiger partial charge in [-0.1, -0.05) is 18.2 Å². The number of carbonyl (C=O) groups is 2. The zero-order valence-electron chi connectivity index (χ0n) is 17.2. The lowest BCUT2D eigenvalue weighted by molar-refractivity contribution is -0.115. The third kappa shape index (κ3) is 6.40. The number of hydrogen-bond donors (Lipinski definition) is 3. The van der Waals surface area contributed by atoms with Gasteiger partial charge in [0.2, 0.25) is 5.91 Å². The van der Waals surface area contributed by atoms with Gasteiger partial charge >= 0.3 is 6.03 Å². The molecule has 0 unspecified atom stereocenters. The van der Waals surface area contributed by atoms with Crippen LogP contribution in [-0.4, -0.2) is 32.7 Å². The molecule has 31 heavy (non-hydrogen) atoms. The van der Waals surface area contributed by atoms with E-state index in [1.54, 1.807) is 73.8 Å². The van der Waals surface area contributed by atoms with E-state index in [-0.39, 0.29) is 12.5 Å².